The van der Waals surface area contributed by atoms with Crippen LogP contribution in [0.4, 0.5) is 17.1 Å². The molecule has 0 atom stereocenters. The number of fused-ring (bicyclic) bond motifs is 1. The Morgan fingerprint density at radius 3 is 2.35 bits per heavy atom. The molecule has 0 spiro atoms. The summed E-state index contributed by atoms with van der Waals surface area (Å²) in [7, 11) is -5.11. The minimum Gasteiger partial charge on any atom is -0.463 e. The average Bonchev–Trinajstić information content (AvgIpc) is 2.57. The average molecular weight is 268 g/mol. The lowest BCUT2D eigenvalue weighted by molar-refractivity contribution is -0.137. The third kappa shape index (κ3) is 2.12. The number of benzene rings is 1. The lowest BCUT2D eigenvalue weighted by Crippen LogP contribution is -2.04. The van der Waals surface area contributed by atoms with E-state index in [-0.39, 0.29) is 5.58 Å². The summed E-state index contributed by atoms with van der Waals surface area (Å²) >= 11 is 0. The Kier molecular flexibility index (Phi) is 2.42. The summed E-state index contributed by atoms with van der Waals surface area (Å²) in [5.74, 6) is 0. The summed E-state index contributed by atoms with van der Waals surface area (Å²) in [4.78, 5) is -0.904. The van der Waals surface area contributed by atoms with Crippen LogP contribution in [0.15, 0.2) is 33.8 Å². The molecule has 0 saturated heterocycles. The zero-order valence-corrected chi connectivity index (χ0v) is 8.77. The molecular weight excluding hydrogens is 264 g/mol. The Morgan fingerprint density at radius 1 is 1.18 bits per heavy atom. The molecule has 0 bridgehead atoms. The zero-order chi connectivity index (χ0) is 12.8. The minimum atomic E-state index is -5.11. The Morgan fingerprint density at radius 2 is 1.82 bits per heavy atom. The Bertz CT molecular complexity index is 669. The van der Waals surface area contributed by atoms with Crippen molar-refractivity contribution in [2.45, 2.75) is 11.1 Å². The van der Waals surface area contributed by atoms with Crippen LogP contribution in [0.3, 0.4) is 0 Å². The van der Waals surface area contributed by atoms with Gasteiger partial charge in [0.2, 0.25) is 0 Å². The lowest BCUT2D eigenvalue weighted by atomic mass is 10.1. The molecule has 0 aliphatic carbocycles. The first kappa shape index (κ1) is 11.9. The summed E-state index contributed by atoms with van der Waals surface area (Å²) in [5, 5.41) is -0.428. The highest BCUT2D eigenvalue weighted by Gasteiger charge is 2.31. The molecule has 1 aromatic heterocycles. The third-order valence-electron chi connectivity index (χ3n) is 2.13. The van der Waals surface area contributed by atoms with E-state index in [1.165, 1.54) is 0 Å². The molecule has 0 amide bonds. The van der Waals surface area contributed by atoms with Gasteiger partial charge < -0.3 is 4.42 Å². The van der Waals surface area contributed by atoms with Gasteiger partial charge in [-0.05, 0) is 18.2 Å². The van der Waals surface area contributed by atoms with Gasteiger partial charge in [0.25, 0.3) is 0 Å². The monoisotopic (exact) mass is 268 g/mol. The largest absolute Gasteiger partial charge is 0.463 e. The van der Waals surface area contributed by atoms with E-state index < -0.39 is 32.2 Å². The van der Waals surface area contributed by atoms with Crippen LogP contribution in [0, 0.1) is 0 Å². The second-order valence-electron chi connectivity index (χ2n) is 3.25. The highest BCUT2D eigenvalue weighted by atomic mass is 32.3. The molecule has 0 N–H and O–H groups in total. The van der Waals surface area contributed by atoms with Gasteiger partial charge in [-0.15, -0.1) is 3.89 Å². The fraction of sp³-hybridized carbons (Fsp3) is 0.111. The normalized spacial score (nSPS) is 13.2. The molecule has 0 fully saturated rings. The van der Waals surface area contributed by atoms with Crippen LogP contribution in [-0.4, -0.2) is 8.42 Å². The highest BCUT2D eigenvalue weighted by molar-refractivity contribution is 7.86. The van der Waals surface area contributed by atoms with Gasteiger partial charge in [0.1, 0.15) is 16.7 Å². The maximum atomic E-state index is 12.7. The van der Waals surface area contributed by atoms with Crippen molar-refractivity contribution in [3.8, 4) is 0 Å². The van der Waals surface area contributed by atoms with E-state index in [0.29, 0.717) is 12.3 Å². The molecular formula is C9H4F4O3S. The molecule has 0 unspecified atom stereocenters. The standard InChI is InChI=1S/C9H4F4O3S/c10-9(11,12)5-1-2-7-6(3-5)8(4-16-7)17(13,14)15/h1-4H. The number of hydrogen-bond acceptors (Lipinski definition) is 3. The Labute approximate surface area is 92.9 Å². The van der Waals surface area contributed by atoms with Crippen LogP contribution in [0.1, 0.15) is 5.56 Å². The van der Waals surface area contributed by atoms with Crippen LogP contribution in [0.2, 0.25) is 0 Å². The molecule has 92 valence electrons. The molecule has 2 aromatic rings. The van der Waals surface area contributed by atoms with Crippen molar-refractivity contribution in [3.05, 3.63) is 30.0 Å². The van der Waals surface area contributed by atoms with Gasteiger partial charge in [-0.1, -0.05) is 0 Å². The molecule has 1 heterocycles. The first-order valence-corrected chi connectivity index (χ1v) is 5.61. The van der Waals surface area contributed by atoms with E-state index in [1.807, 2.05) is 0 Å². The minimum absolute atomic E-state index is 0.130. The fourth-order valence-corrected chi connectivity index (χ4v) is 1.96. The molecule has 0 saturated carbocycles. The smallest absolute Gasteiger partial charge is 0.416 e. The molecule has 0 aliphatic heterocycles. The van der Waals surface area contributed by atoms with Gasteiger partial charge in [0.15, 0.2) is 0 Å². The zero-order valence-electron chi connectivity index (χ0n) is 7.95. The molecule has 2 rings (SSSR count). The van der Waals surface area contributed by atoms with E-state index in [0.717, 1.165) is 12.1 Å². The maximum Gasteiger partial charge on any atom is 0.416 e. The first-order valence-electron chi connectivity index (χ1n) is 4.23. The van der Waals surface area contributed by atoms with Crippen molar-refractivity contribution in [2.24, 2.45) is 0 Å². The molecule has 17 heavy (non-hydrogen) atoms. The Hall–Kier alpha value is -1.57. The van der Waals surface area contributed by atoms with Crippen molar-refractivity contribution in [3.63, 3.8) is 0 Å². The number of furan rings is 1. The summed E-state index contributed by atoms with van der Waals surface area (Å²) in [6.07, 6.45) is -4.07. The second-order valence-corrected chi connectivity index (χ2v) is 4.56. The summed E-state index contributed by atoms with van der Waals surface area (Å²) in [6, 6.07) is 2.19. The van der Waals surface area contributed by atoms with Crippen LogP contribution in [-0.2, 0) is 16.4 Å². The maximum absolute atomic E-state index is 12.7. The van der Waals surface area contributed by atoms with E-state index in [2.05, 4.69) is 4.42 Å². The van der Waals surface area contributed by atoms with Gasteiger partial charge in [-0.2, -0.15) is 21.6 Å². The summed E-state index contributed by atoms with van der Waals surface area (Å²) in [6.45, 7) is 0. The van der Waals surface area contributed by atoms with Crippen molar-refractivity contribution < 1.29 is 29.9 Å². The van der Waals surface area contributed by atoms with Crippen molar-refractivity contribution >= 4 is 21.2 Å². The molecule has 0 aliphatic rings. The number of alkyl halides is 3. The van der Waals surface area contributed by atoms with E-state index >= 15 is 0 Å². The lowest BCUT2D eigenvalue weighted by Gasteiger charge is -2.05. The first-order chi connectivity index (χ1) is 7.69. The molecule has 0 radical (unpaired) electrons. The number of rotatable bonds is 1. The van der Waals surface area contributed by atoms with E-state index in [4.69, 9.17) is 0 Å². The molecule has 8 heteroatoms. The van der Waals surface area contributed by atoms with Crippen LogP contribution in [0.25, 0.3) is 11.0 Å². The van der Waals surface area contributed by atoms with Crippen molar-refractivity contribution in [1.82, 2.24) is 0 Å². The van der Waals surface area contributed by atoms with Gasteiger partial charge >= 0.3 is 16.4 Å². The van der Waals surface area contributed by atoms with Crippen LogP contribution >= 0.6 is 0 Å². The predicted molar refractivity (Wildman–Crippen MR) is 49.5 cm³/mol. The van der Waals surface area contributed by atoms with Gasteiger partial charge in [-0.25, -0.2) is 0 Å². The number of halogens is 4. The predicted octanol–water partition coefficient (Wildman–Crippen LogP) is 3.11. The topological polar surface area (TPSA) is 47.3 Å². The van der Waals surface area contributed by atoms with Crippen LogP contribution in [0.5, 0.6) is 0 Å². The highest BCUT2D eigenvalue weighted by Crippen LogP contribution is 2.34. The van der Waals surface area contributed by atoms with E-state index in [1.54, 1.807) is 0 Å². The Balaban J connectivity index is 2.76. The number of hydrogen-bond donors (Lipinski definition) is 0. The second kappa shape index (κ2) is 3.46. The molecule has 3 nitrogen and oxygen atoms in total. The van der Waals surface area contributed by atoms with Crippen molar-refractivity contribution in [2.75, 3.05) is 0 Å². The third-order valence-corrected chi connectivity index (χ3v) is 2.97. The van der Waals surface area contributed by atoms with Gasteiger partial charge in [0.05, 0.1) is 5.56 Å². The van der Waals surface area contributed by atoms with Crippen LogP contribution < -0.4 is 0 Å². The summed E-state index contributed by atoms with van der Waals surface area (Å²) < 4.78 is 75.9. The SMILES string of the molecule is O=S(=O)(F)c1coc2ccc(C(F)(F)F)cc12. The van der Waals surface area contributed by atoms with Gasteiger partial charge in [0, 0.05) is 5.39 Å². The van der Waals surface area contributed by atoms with E-state index in [9.17, 15) is 25.5 Å². The fourth-order valence-electron chi connectivity index (χ4n) is 1.37. The summed E-state index contributed by atoms with van der Waals surface area (Å²) in [5.41, 5.74) is -1.20. The quantitative estimate of drug-likeness (QED) is 0.589. The molecule has 1 aromatic carbocycles. The van der Waals surface area contributed by atoms with Crippen molar-refractivity contribution in [1.29, 1.82) is 0 Å². The van der Waals surface area contributed by atoms with Gasteiger partial charge in [-0.3, -0.25) is 0 Å².